The summed E-state index contributed by atoms with van der Waals surface area (Å²) in [6.07, 6.45) is 8.25. The Kier molecular flexibility index (Phi) is 3.45. The number of fused-ring (bicyclic) bond motifs is 1. The van der Waals surface area contributed by atoms with Crippen LogP contribution in [-0.2, 0) is 0 Å². The fourth-order valence-electron chi connectivity index (χ4n) is 4.06. The molecule has 1 aliphatic carbocycles. The largest absolute Gasteiger partial charge is 0.357 e. The second-order valence-corrected chi connectivity index (χ2v) is 7.10. The average molecular weight is 302 g/mol. The molecule has 2 fully saturated rings. The van der Waals surface area contributed by atoms with Gasteiger partial charge < -0.3 is 10.2 Å². The van der Waals surface area contributed by atoms with Crippen LogP contribution in [0.2, 0.25) is 0 Å². The topological polar surface area (TPSA) is 41.1 Å². The Bertz CT molecular complexity index is 632. The first-order chi connectivity index (χ1) is 10.4. The predicted octanol–water partition coefficient (Wildman–Crippen LogP) is 3.89. The van der Waals surface area contributed by atoms with E-state index < -0.39 is 0 Å². The van der Waals surface area contributed by atoms with Crippen molar-refractivity contribution in [2.45, 2.75) is 44.6 Å². The maximum Gasteiger partial charge on any atom is 0.225 e. The van der Waals surface area contributed by atoms with Crippen LogP contribution in [-0.4, -0.2) is 29.6 Å². The van der Waals surface area contributed by atoms with Gasteiger partial charge in [0.2, 0.25) is 5.95 Å². The zero-order chi connectivity index (χ0) is 14.2. The van der Waals surface area contributed by atoms with E-state index in [9.17, 15) is 0 Å². The molecule has 1 saturated heterocycles. The van der Waals surface area contributed by atoms with E-state index in [1.54, 1.807) is 11.3 Å². The fraction of sp³-hybridized carbons (Fsp3) is 0.625. The molecule has 0 spiro atoms. The maximum atomic E-state index is 4.81. The van der Waals surface area contributed by atoms with E-state index in [2.05, 4.69) is 26.6 Å². The van der Waals surface area contributed by atoms with Crippen LogP contribution in [0.25, 0.3) is 10.2 Å². The van der Waals surface area contributed by atoms with E-state index in [1.807, 2.05) is 7.05 Å². The minimum Gasteiger partial charge on any atom is -0.357 e. The first-order valence-corrected chi connectivity index (χ1v) is 8.94. The zero-order valence-electron chi connectivity index (χ0n) is 12.5. The standard InChI is InChI=1S/C16H22N4S/c1-17-16-18-14(12-8-10-21-15(12)19-16)20-9-4-7-13(20)11-5-2-3-6-11/h8,10-11,13H,2-7,9H2,1H3,(H,17,18,19). The number of hydrogen-bond donors (Lipinski definition) is 1. The summed E-state index contributed by atoms with van der Waals surface area (Å²) in [5.41, 5.74) is 0. The number of nitrogens with one attached hydrogen (secondary N) is 1. The predicted molar refractivity (Wildman–Crippen MR) is 89.3 cm³/mol. The van der Waals surface area contributed by atoms with Crippen molar-refractivity contribution in [3.63, 3.8) is 0 Å². The molecule has 2 aliphatic rings. The Morgan fingerprint density at radius 2 is 2.05 bits per heavy atom. The summed E-state index contributed by atoms with van der Waals surface area (Å²) in [6, 6.07) is 2.87. The summed E-state index contributed by atoms with van der Waals surface area (Å²) in [5.74, 6) is 2.77. The smallest absolute Gasteiger partial charge is 0.225 e. The van der Waals surface area contributed by atoms with Gasteiger partial charge >= 0.3 is 0 Å². The number of thiophene rings is 1. The molecule has 0 aromatic carbocycles. The van der Waals surface area contributed by atoms with Crippen LogP contribution in [0.4, 0.5) is 11.8 Å². The van der Waals surface area contributed by atoms with Crippen molar-refractivity contribution in [2.75, 3.05) is 23.8 Å². The van der Waals surface area contributed by atoms with E-state index in [0.29, 0.717) is 6.04 Å². The van der Waals surface area contributed by atoms with Crippen LogP contribution in [0.5, 0.6) is 0 Å². The Balaban J connectivity index is 1.75. The van der Waals surface area contributed by atoms with Gasteiger partial charge in [-0.2, -0.15) is 4.98 Å². The van der Waals surface area contributed by atoms with Crippen LogP contribution in [0.1, 0.15) is 38.5 Å². The van der Waals surface area contributed by atoms with Crippen LogP contribution in [0, 0.1) is 5.92 Å². The second-order valence-electron chi connectivity index (χ2n) is 6.21. The van der Waals surface area contributed by atoms with Crippen molar-refractivity contribution in [3.05, 3.63) is 11.4 Å². The van der Waals surface area contributed by atoms with E-state index in [-0.39, 0.29) is 0 Å². The summed E-state index contributed by atoms with van der Waals surface area (Å²) in [4.78, 5) is 13.1. The third-order valence-electron chi connectivity index (χ3n) is 5.04. The van der Waals surface area contributed by atoms with Gasteiger partial charge in [0, 0.05) is 19.6 Å². The number of hydrogen-bond acceptors (Lipinski definition) is 5. The summed E-state index contributed by atoms with van der Waals surface area (Å²) in [6.45, 7) is 1.15. The van der Waals surface area contributed by atoms with E-state index in [1.165, 1.54) is 43.9 Å². The molecule has 1 atom stereocenters. The van der Waals surface area contributed by atoms with Gasteiger partial charge in [0.05, 0.1) is 5.39 Å². The molecule has 112 valence electrons. The Hall–Kier alpha value is -1.36. The minimum absolute atomic E-state index is 0.690. The summed E-state index contributed by atoms with van der Waals surface area (Å²) in [5, 5.41) is 6.47. The van der Waals surface area contributed by atoms with Gasteiger partial charge in [0.1, 0.15) is 10.6 Å². The molecule has 5 heteroatoms. The normalized spacial score (nSPS) is 23.3. The van der Waals surface area contributed by atoms with Crippen LogP contribution < -0.4 is 10.2 Å². The molecule has 1 unspecified atom stereocenters. The van der Waals surface area contributed by atoms with Gasteiger partial charge in [-0.15, -0.1) is 11.3 Å². The highest BCUT2D eigenvalue weighted by Crippen LogP contribution is 2.40. The van der Waals surface area contributed by atoms with Gasteiger partial charge in [-0.05, 0) is 43.0 Å². The Morgan fingerprint density at radius 3 is 2.86 bits per heavy atom. The molecular weight excluding hydrogens is 280 g/mol. The fourth-order valence-corrected chi connectivity index (χ4v) is 4.82. The first-order valence-electron chi connectivity index (χ1n) is 8.06. The van der Waals surface area contributed by atoms with E-state index in [0.717, 1.165) is 29.1 Å². The lowest BCUT2D eigenvalue weighted by Crippen LogP contribution is -2.35. The Morgan fingerprint density at radius 1 is 1.19 bits per heavy atom. The zero-order valence-corrected chi connectivity index (χ0v) is 13.3. The van der Waals surface area contributed by atoms with Crippen LogP contribution in [0.15, 0.2) is 11.4 Å². The molecule has 3 heterocycles. The molecule has 1 N–H and O–H groups in total. The molecule has 1 aliphatic heterocycles. The molecule has 0 amide bonds. The molecule has 2 aromatic heterocycles. The molecule has 1 saturated carbocycles. The van der Waals surface area contributed by atoms with Gasteiger partial charge in [0.15, 0.2) is 0 Å². The summed E-state index contributed by atoms with van der Waals surface area (Å²) >= 11 is 1.71. The third kappa shape index (κ3) is 2.27. The summed E-state index contributed by atoms with van der Waals surface area (Å²) in [7, 11) is 1.90. The van der Waals surface area contributed by atoms with E-state index >= 15 is 0 Å². The first kappa shape index (κ1) is 13.3. The molecule has 4 rings (SSSR count). The molecule has 2 aromatic rings. The monoisotopic (exact) mass is 302 g/mol. The van der Waals surface area contributed by atoms with Gasteiger partial charge in [-0.3, -0.25) is 0 Å². The van der Waals surface area contributed by atoms with E-state index in [4.69, 9.17) is 4.98 Å². The molecule has 0 bridgehead atoms. The number of nitrogens with zero attached hydrogens (tertiary/aromatic N) is 3. The average Bonchev–Trinajstić information content (AvgIpc) is 3.24. The van der Waals surface area contributed by atoms with Crippen molar-refractivity contribution >= 4 is 33.3 Å². The highest BCUT2D eigenvalue weighted by molar-refractivity contribution is 7.16. The molecular formula is C16H22N4S. The molecule has 21 heavy (non-hydrogen) atoms. The van der Waals surface area contributed by atoms with Crippen molar-refractivity contribution in [1.29, 1.82) is 0 Å². The van der Waals surface area contributed by atoms with Crippen LogP contribution >= 0.6 is 11.3 Å². The van der Waals surface area contributed by atoms with Crippen molar-refractivity contribution in [1.82, 2.24) is 9.97 Å². The molecule has 0 radical (unpaired) electrons. The quantitative estimate of drug-likeness (QED) is 0.934. The van der Waals surface area contributed by atoms with Crippen LogP contribution in [0.3, 0.4) is 0 Å². The van der Waals surface area contributed by atoms with Gasteiger partial charge in [0.25, 0.3) is 0 Å². The SMILES string of the molecule is CNc1nc(N2CCCC2C2CCCC2)c2ccsc2n1. The van der Waals surface area contributed by atoms with Crippen molar-refractivity contribution in [3.8, 4) is 0 Å². The van der Waals surface area contributed by atoms with Crippen molar-refractivity contribution < 1.29 is 0 Å². The highest BCUT2D eigenvalue weighted by Gasteiger charge is 2.35. The number of rotatable bonds is 3. The molecule has 4 nitrogen and oxygen atoms in total. The van der Waals surface area contributed by atoms with Crippen molar-refractivity contribution in [2.24, 2.45) is 5.92 Å². The lowest BCUT2D eigenvalue weighted by Gasteiger charge is -2.31. The Labute approximate surface area is 129 Å². The number of aromatic nitrogens is 2. The van der Waals surface area contributed by atoms with Gasteiger partial charge in [-0.1, -0.05) is 12.8 Å². The second kappa shape index (κ2) is 5.44. The lowest BCUT2D eigenvalue weighted by atomic mass is 9.96. The lowest BCUT2D eigenvalue weighted by molar-refractivity contribution is 0.430. The third-order valence-corrected chi connectivity index (χ3v) is 5.85. The minimum atomic E-state index is 0.690. The maximum absolute atomic E-state index is 4.81. The highest BCUT2D eigenvalue weighted by atomic mass is 32.1. The number of anilines is 2. The summed E-state index contributed by atoms with van der Waals surface area (Å²) < 4.78 is 0. The van der Waals surface area contributed by atoms with Gasteiger partial charge in [-0.25, -0.2) is 4.98 Å².